The summed E-state index contributed by atoms with van der Waals surface area (Å²) in [5.41, 5.74) is 3.08. The third kappa shape index (κ3) is 4.16. The van der Waals surface area contributed by atoms with Gasteiger partial charge in [0.15, 0.2) is 11.6 Å². The quantitative estimate of drug-likeness (QED) is 0.490. The molecule has 0 saturated heterocycles. The average molecular weight is 458 g/mol. The molecule has 1 aliphatic heterocycles. The molecule has 0 radical (unpaired) electrons. The Labute approximate surface area is 190 Å². The number of halogens is 2. The molecule has 3 heterocycles. The largest absolute Gasteiger partial charge is 0.493 e. The lowest BCUT2D eigenvalue weighted by atomic mass is 9.93. The minimum Gasteiger partial charge on any atom is -0.493 e. The first-order chi connectivity index (χ1) is 15.4. The van der Waals surface area contributed by atoms with E-state index in [4.69, 9.17) is 16.3 Å². The van der Waals surface area contributed by atoms with Gasteiger partial charge in [-0.1, -0.05) is 17.7 Å². The number of fused-ring (bicyclic) bond motifs is 1. The van der Waals surface area contributed by atoms with Gasteiger partial charge < -0.3 is 25.3 Å². The number of aromatic amines is 1. The number of carbonyl (C=O) groups excluding carboxylic acids is 1. The van der Waals surface area contributed by atoms with Gasteiger partial charge in [0, 0.05) is 29.9 Å². The zero-order valence-electron chi connectivity index (χ0n) is 18.1. The van der Waals surface area contributed by atoms with Crippen molar-refractivity contribution in [3.63, 3.8) is 0 Å². The predicted molar refractivity (Wildman–Crippen MR) is 124 cm³/mol. The molecule has 1 aliphatic rings. The van der Waals surface area contributed by atoms with Crippen LogP contribution in [0, 0.1) is 5.82 Å². The summed E-state index contributed by atoms with van der Waals surface area (Å²) in [4.78, 5) is 22.3. The number of anilines is 2. The molecule has 0 fully saturated rings. The van der Waals surface area contributed by atoms with Crippen molar-refractivity contribution in [1.29, 1.82) is 0 Å². The van der Waals surface area contributed by atoms with Gasteiger partial charge in [-0.3, -0.25) is 9.78 Å². The maximum Gasteiger partial charge on any atom is 0.255 e. The third-order valence-electron chi connectivity index (χ3n) is 5.57. The molecule has 9 heteroatoms. The Balaban J connectivity index is 1.89. The lowest BCUT2D eigenvalue weighted by Crippen LogP contribution is -2.36. The lowest BCUT2D eigenvalue weighted by molar-refractivity contribution is 0.0939. The molecule has 0 aliphatic carbocycles. The average Bonchev–Trinajstić information content (AvgIpc) is 3.13. The van der Waals surface area contributed by atoms with Crippen LogP contribution in [0.2, 0.25) is 5.02 Å². The summed E-state index contributed by atoms with van der Waals surface area (Å²) in [6, 6.07) is 6.87. The first-order valence-corrected chi connectivity index (χ1v) is 10.7. The number of ether oxygens (including phenoxy) is 1. The maximum atomic E-state index is 14.8. The molecule has 7 nitrogen and oxygen atoms in total. The molecule has 4 rings (SSSR count). The monoisotopic (exact) mass is 457 g/mol. The van der Waals surface area contributed by atoms with Crippen molar-refractivity contribution in [2.24, 2.45) is 0 Å². The second kappa shape index (κ2) is 9.18. The fourth-order valence-corrected chi connectivity index (χ4v) is 4.23. The molecule has 1 atom stereocenters. The molecule has 0 spiro atoms. The van der Waals surface area contributed by atoms with Crippen LogP contribution >= 0.6 is 11.6 Å². The number of aromatic nitrogens is 2. The van der Waals surface area contributed by atoms with Crippen LogP contribution in [0.15, 0.2) is 36.7 Å². The highest BCUT2D eigenvalue weighted by atomic mass is 35.5. The van der Waals surface area contributed by atoms with Gasteiger partial charge >= 0.3 is 0 Å². The van der Waals surface area contributed by atoms with E-state index in [0.29, 0.717) is 45.5 Å². The fraction of sp³-hybridized carbons (Fsp3) is 0.304. The van der Waals surface area contributed by atoms with E-state index in [0.717, 1.165) is 24.9 Å². The number of rotatable bonds is 7. The zero-order valence-corrected chi connectivity index (χ0v) is 18.9. The van der Waals surface area contributed by atoms with Gasteiger partial charge in [-0.05, 0) is 45.3 Å². The van der Waals surface area contributed by atoms with E-state index in [-0.39, 0.29) is 11.8 Å². The number of carbonyl (C=O) groups is 1. The number of hydrogen-bond donors (Lipinski definition) is 3. The number of pyridine rings is 1. The molecule has 3 N–H and O–H groups in total. The zero-order chi connectivity index (χ0) is 22.8. The van der Waals surface area contributed by atoms with Crippen LogP contribution < -0.4 is 15.4 Å². The Morgan fingerprint density at radius 1 is 1.34 bits per heavy atom. The summed E-state index contributed by atoms with van der Waals surface area (Å²) in [5.74, 6) is -0.213. The van der Waals surface area contributed by atoms with Crippen molar-refractivity contribution in [2.75, 3.05) is 39.6 Å². The molecule has 0 bridgehead atoms. The third-order valence-corrected chi connectivity index (χ3v) is 5.87. The van der Waals surface area contributed by atoms with Gasteiger partial charge in [-0.15, -0.1) is 0 Å². The van der Waals surface area contributed by atoms with Crippen LogP contribution in [0.3, 0.4) is 0 Å². The van der Waals surface area contributed by atoms with Gasteiger partial charge in [-0.25, -0.2) is 4.39 Å². The molecule has 2 aromatic heterocycles. The van der Waals surface area contributed by atoms with E-state index in [1.807, 2.05) is 14.1 Å². The standard InChI is InChI=1S/C23H25ClFN5O2/c1-30(2)10-8-13-11-27-23(31)18-19(13)29-20(14-7-9-26-12-16(14)25)21(18)28-17-6-4-5-15(24)22(17)32-3/h4-7,9,12-13,28-29H,8,10-11H2,1-3H3,(H,27,31). The number of hydrogen-bond acceptors (Lipinski definition) is 5. The van der Waals surface area contributed by atoms with Crippen molar-refractivity contribution in [3.05, 3.63) is 58.8 Å². The highest BCUT2D eigenvalue weighted by Gasteiger charge is 2.33. The van der Waals surface area contributed by atoms with Gasteiger partial charge in [0.1, 0.15) is 0 Å². The Bertz CT molecular complexity index is 1150. The molecule has 1 aromatic carbocycles. The van der Waals surface area contributed by atoms with Crippen LogP contribution in [-0.2, 0) is 0 Å². The summed E-state index contributed by atoms with van der Waals surface area (Å²) in [6.07, 6.45) is 3.51. The van der Waals surface area contributed by atoms with Crippen LogP contribution in [0.5, 0.6) is 5.75 Å². The Kier molecular flexibility index (Phi) is 6.34. The number of H-pyrrole nitrogens is 1. The summed E-state index contributed by atoms with van der Waals surface area (Å²) in [6.45, 7) is 1.36. The van der Waals surface area contributed by atoms with Crippen LogP contribution in [0.1, 0.15) is 28.4 Å². The molecular weight excluding hydrogens is 433 g/mol. The number of para-hydroxylation sites is 1. The van der Waals surface area contributed by atoms with E-state index < -0.39 is 5.82 Å². The van der Waals surface area contributed by atoms with Crippen LogP contribution in [-0.4, -0.2) is 55.1 Å². The Hall–Kier alpha value is -3.10. The van der Waals surface area contributed by atoms with Crippen molar-refractivity contribution >= 4 is 28.9 Å². The van der Waals surface area contributed by atoms with E-state index in [1.165, 1.54) is 13.3 Å². The Morgan fingerprint density at radius 3 is 2.88 bits per heavy atom. The van der Waals surface area contributed by atoms with Gasteiger partial charge in [0.2, 0.25) is 0 Å². The highest BCUT2D eigenvalue weighted by molar-refractivity contribution is 6.32. The lowest BCUT2D eigenvalue weighted by Gasteiger charge is -2.25. The maximum absolute atomic E-state index is 14.8. The van der Waals surface area contributed by atoms with Crippen LogP contribution in [0.25, 0.3) is 11.3 Å². The van der Waals surface area contributed by atoms with Gasteiger partial charge in [-0.2, -0.15) is 0 Å². The molecule has 1 amide bonds. The highest BCUT2D eigenvalue weighted by Crippen LogP contribution is 2.43. The Morgan fingerprint density at radius 2 is 2.16 bits per heavy atom. The summed E-state index contributed by atoms with van der Waals surface area (Å²) >= 11 is 6.29. The van der Waals surface area contributed by atoms with E-state index in [2.05, 4.69) is 25.5 Å². The van der Waals surface area contributed by atoms with E-state index in [1.54, 1.807) is 24.3 Å². The molecule has 0 saturated carbocycles. The van der Waals surface area contributed by atoms with Gasteiger partial charge in [0.25, 0.3) is 5.91 Å². The van der Waals surface area contributed by atoms with Crippen molar-refractivity contribution in [1.82, 2.24) is 20.2 Å². The number of methoxy groups -OCH3 is 1. The minimum atomic E-state index is -0.488. The molecule has 168 valence electrons. The predicted octanol–water partition coefficient (Wildman–Crippen LogP) is 4.40. The minimum absolute atomic E-state index is 0.0607. The van der Waals surface area contributed by atoms with Crippen molar-refractivity contribution < 1.29 is 13.9 Å². The second-order valence-corrected chi connectivity index (χ2v) is 8.37. The normalized spacial score (nSPS) is 15.4. The number of benzene rings is 1. The molecule has 32 heavy (non-hydrogen) atoms. The fourth-order valence-electron chi connectivity index (χ4n) is 3.98. The summed E-state index contributed by atoms with van der Waals surface area (Å²) in [5, 5.41) is 6.68. The first-order valence-electron chi connectivity index (χ1n) is 10.3. The summed E-state index contributed by atoms with van der Waals surface area (Å²) in [7, 11) is 5.53. The van der Waals surface area contributed by atoms with Crippen molar-refractivity contribution in [2.45, 2.75) is 12.3 Å². The number of amides is 1. The second-order valence-electron chi connectivity index (χ2n) is 7.96. The SMILES string of the molecule is COc1c(Cl)cccc1Nc1c(-c2ccncc2F)[nH]c2c1C(=O)NCC2CCN(C)C. The number of nitrogens with zero attached hydrogens (tertiary/aromatic N) is 2. The van der Waals surface area contributed by atoms with Crippen LogP contribution in [0.4, 0.5) is 15.8 Å². The molecular formula is C23H25ClFN5O2. The van der Waals surface area contributed by atoms with E-state index >= 15 is 0 Å². The topological polar surface area (TPSA) is 82.3 Å². The smallest absolute Gasteiger partial charge is 0.255 e. The summed E-state index contributed by atoms with van der Waals surface area (Å²) < 4.78 is 20.2. The number of nitrogens with one attached hydrogen (secondary N) is 3. The van der Waals surface area contributed by atoms with E-state index in [9.17, 15) is 9.18 Å². The molecule has 1 unspecified atom stereocenters. The van der Waals surface area contributed by atoms with Crippen molar-refractivity contribution in [3.8, 4) is 17.0 Å². The van der Waals surface area contributed by atoms with Gasteiger partial charge in [0.05, 0.1) is 41.0 Å². The first kappa shape index (κ1) is 22.1. The molecule has 3 aromatic rings.